The Morgan fingerprint density at radius 1 is 1.26 bits per heavy atom. The number of hydrogen-bond donors (Lipinski definition) is 2. The second-order valence-corrected chi connectivity index (χ2v) is 9.61. The molecular formula is C23H30F2N6O3. The lowest BCUT2D eigenvalue weighted by molar-refractivity contribution is -0.0498. The molecule has 3 aliphatic rings. The van der Waals surface area contributed by atoms with Crippen LogP contribution in [0.25, 0.3) is 5.65 Å². The predicted molar refractivity (Wildman–Crippen MR) is 118 cm³/mol. The van der Waals surface area contributed by atoms with E-state index >= 15 is 0 Å². The minimum Gasteiger partial charge on any atom is -0.446 e. The number of nitrogens with zero attached hydrogens (tertiary/aromatic N) is 4. The Kier molecular flexibility index (Phi) is 6.26. The molecule has 2 saturated carbocycles. The third-order valence-electron chi connectivity index (χ3n) is 7.12. The van der Waals surface area contributed by atoms with Gasteiger partial charge in [-0.25, -0.2) is 27.9 Å². The Morgan fingerprint density at radius 3 is 2.74 bits per heavy atom. The van der Waals surface area contributed by atoms with Gasteiger partial charge in [0, 0.05) is 32.5 Å². The van der Waals surface area contributed by atoms with Crippen LogP contribution >= 0.6 is 0 Å². The Bertz CT molecular complexity index is 1040. The molecule has 9 nitrogen and oxygen atoms in total. The maximum absolute atomic E-state index is 13.8. The second-order valence-electron chi connectivity index (χ2n) is 9.61. The van der Waals surface area contributed by atoms with Crippen LogP contribution in [0, 0.1) is 5.92 Å². The van der Waals surface area contributed by atoms with Crippen molar-refractivity contribution in [3.05, 3.63) is 29.7 Å². The number of imidazole rings is 1. The first-order chi connectivity index (χ1) is 16.4. The van der Waals surface area contributed by atoms with E-state index in [1.807, 2.05) is 6.07 Å². The first-order valence-corrected chi connectivity index (χ1v) is 12.1. The van der Waals surface area contributed by atoms with Crippen LogP contribution in [0.1, 0.15) is 68.7 Å². The fraction of sp³-hybridized carbons (Fsp3) is 0.652. The van der Waals surface area contributed by atoms with E-state index in [0.717, 1.165) is 31.2 Å². The van der Waals surface area contributed by atoms with E-state index in [2.05, 4.69) is 20.7 Å². The summed E-state index contributed by atoms with van der Waals surface area (Å²) in [5.41, 5.74) is 1.98. The van der Waals surface area contributed by atoms with Crippen molar-refractivity contribution in [1.29, 1.82) is 0 Å². The number of carbonyl (C=O) groups is 2. The van der Waals surface area contributed by atoms with Crippen LogP contribution in [0.15, 0.2) is 18.5 Å². The molecule has 3 heterocycles. The molecule has 0 spiro atoms. The van der Waals surface area contributed by atoms with E-state index in [4.69, 9.17) is 4.74 Å². The van der Waals surface area contributed by atoms with Gasteiger partial charge < -0.3 is 20.3 Å². The van der Waals surface area contributed by atoms with Gasteiger partial charge in [-0.3, -0.25) is 0 Å². The zero-order valence-corrected chi connectivity index (χ0v) is 19.0. The molecule has 0 aromatic carbocycles. The van der Waals surface area contributed by atoms with Gasteiger partial charge in [-0.15, -0.1) is 0 Å². The van der Waals surface area contributed by atoms with Gasteiger partial charge in [0.15, 0.2) is 5.65 Å². The average Bonchev–Trinajstić information content (AvgIpc) is 3.54. The summed E-state index contributed by atoms with van der Waals surface area (Å²) in [6.45, 7) is 1.67. The molecule has 34 heavy (non-hydrogen) atoms. The SMILES string of the molecule is O=C(NC(c1cn2ncc(CN3CCNC3=O)cc2n1)C1CCC(F)(F)CC1)OC1CCCC1. The average molecular weight is 477 g/mol. The fourth-order valence-electron chi connectivity index (χ4n) is 5.20. The van der Waals surface area contributed by atoms with Gasteiger partial charge in [-0.05, 0) is 56.1 Å². The lowest BCUT2D eigenvalue weighted by atomic mass is 9.81. The number of urea groups is 1. The van der Waals surface area contributed by atoms with Crippen LogP contribution in [0.3, 0.4) is 0 Å². The Balaban J connectivity index is 1.36. The highest BCUT2D eigenvalue weighted by Crippen LogP contribution is 2.41. The number of halogens is 2. The molecule has 1 atom stereocenters. The molecule has 5 rings (SSSR count). The molecule has 11 heteroatoms. The molecule has 2 aromatic heterocycles. The first-order valence-electron chi connectivity index (χ1n) is 12.1. The van der Waals surface area contributed by atoms with E-state index in [0.29, 0.717) is 31.0 Å². The highest BCUT2D eigenvalue weighted by atomic mass is 19.3. The standard InChI is InChI=1S/C23H30F2N6O3/c24-23(25)7-5-16(6-8-23)20(29-22(33)34-17-3-1-2-4-17)18-14-31-19(28-18)11-15(12-27-31)13-30-10-9-26-21(30)32/h11-12,14,16-17,20H,1-10,13H2,(H,26,32)(H,29,33). The highest BCUT2D eigenvalue weighted by molar-refractivity contribution is 5.76. The molecule has 0 bridgehead atoms. The minimum absolute atomic E-state index is 0.0931. The van der Waals surface area contributed by atoms with E-state index < -0.39 is 18.1 Å². The summed E-state index contributed by atoms with van der Waals surface area (Å²) >= 11 is 0. The summed E-state index contributed by atoms with van der Waals surface area (Å²) in [4.78, 5) is 30.9. The number of aromatic nitrogens is 3. The number of alkyl carbamates (subject to hydrolysis) is 1. The first kappa shape index (κ1) is 22.8. The predicted octanol–water partition coefficient (Wildman–Crippen LogP) is 3.79. The van der Waals surface area contributed by atoms with Crippen LogP contribution in [-0.4, -0.2) is 56.7 Å². The zero-order valence-electron chi connectivity index (χ0n) is 19.0. The topological polar surface area (TPSA) is 101 Å². The number of alkyl halides is 2. The van der Waals surface area contributed by atoms with Gasteiger partial charge in [0.2, 0.25) is 5.92 Å². The van der Waals surface area contributed by atoms with Gasteiger partial charge in [0.25, 0.3) is 0 Å². The van der Waals surface area contributed by atoms with Crippen molar-refractivity contribution in [2.45, 2.75) is 76.0 Å². The lowest BCUT2D eigenvalue weighted by Crippen LogP contribution is -2.38. The molecular weight excluding hydrogens is 446 g/mol. The van der Waals surface area contributed by atoms with Crippen LogP contribution in [0.5, 0.6) is 0 Å². The van der Waals surface area contributed by atoms with Crippen molar-refractivity contribution in [3.63, 3.8) is 0 Å². The van der Waals surface area contributed by atoms with Crippen LogP contribution in [0.2, 0.25) is 0 Å². The van der Waals surface area contributed by atoms with Gasteiger partial charge in [0.1, 0.15) is 6.10 Å². The summed E-state index contributed by atoms with van der Waals surface area (Å²) in [5.74, 6) is -2.84. The summed E-state index contributed by atoms with van der Waals surface area (Å²) in [6.07, 6.45) is 6.74. The van der Waals surface area contributed by atoms with Crippen molar-refractivity contribution in [2.24, 2.45) is 5.92 Å². The number of ether oxygens (including phenoxy) is 1. The number of fused-ring (bicyclic) bond motifs is 1. The van der Waals surface area contributed by atoms with Crippen molar-refractivity contribution >= 4 is 17.8 Å². The summed E-state index contributed by atoms with van der Waals surface area (Å²) in [7, 11) is 0. The Hall–Kier alpha value is -2.98. The number of amides is 3. The molecule has 3 fully saturated rings. The van der Waals surface area contributed by atoms with E-state index in [1.54, 1.807) is 21.8 Å². The number of rotatable bonds is 6. The zero-order chi connectivity index (χ0) is 23.7. The van der Waals surface area contributed by atoms with Gasteiger partial charge in [-0.2, -0.15) is 5.10 Å². The van der Waals surface area contributed by atoms with E-state index in [9.17, 15) is 18.4 Å². The minimum atomic E-state index is -2.66. The number of nitrogens with one attached hydrogen (secondary N) is 2. The van der Waals surface area contributed by atoms with E-state index in [-0.39, 0.29) is 43.7 Å². The largest absolute Gasteiger partial charge is 0.446 e. The summed E-state index contributed by atoms with van der Waals surface area (Å²) in [5, 5.41) is 10.1. The van der Waals surface area contributed by atoms with Gasteiger partial charge >= 0.3 is 12.1 Å². The third-order valence-corrected chi connectivity index (χ3v) is 7.12. The van der Waals surface area contributed by atoms with Crippen LogP contribution in [-0.2, 0) is 11.3 Å². The van der Waals surface area contributed by atoms with Crippen molar-refractivity contribution < 1.29 is 23.1 Å². The molecule has 1 saturated heterocycles. The van der Waals surface area contributed by atoms with Crippen molar-refractivity contribution in [3.8, 4) is 0 Å². The van der Waals surface area contributed by atoms with Gasteiger partial charge in [-0.1, -0.05) is 0 Å². The lowest BCUT2D eigenvalue weighted by Gasteiger charge is -2.33. The van der Waals surface area contributed by atoms with E-state index in [1.165, 1.54) is 0 Å². The molecule has 0 radical (unpaired) electrons. The van der Waals surface area contributed by atoms with Crippen molar-refractivity contribution in [2.75, 3.05) is 13.1 Å². The maximum Gasteiger partial charge on any atom is 0.407 e. The molecule has 2 N–H and O–H groups in total. The molecule has 184 valence electrons. The normalized spacial score (nSPS) is 22.2. The highest BCUT2D eigenvalue weighted by Gasteiger charge is 2.39. The van der Waals surface area contributed by atoms with Gasteiger partial charge in [0.05, 0.1) is 24.1 Å². The molecule has 2 aliphatic carbocycles. The quantitative estimate of drug-likeness (QED) is 0.661. The van der Waals surface area contributed by atoms with Crippen molar-refractivity contribution in [1.82, 2.24) is 30.1 Å². The molecule has 1 unspecified atom stereocenters. The molecule has 1 aliphatic heterocycles. The summed E-state index contributed by atoms with van der Waals surface area (Å²) in [6, 6.07) is 1.20. The fourth-order valence-corrected chi connectivity index (χ4v) is 5.20. The number of hydrogen-bond acceptors (Lipinski definition) is 5. The number of carbonyl (C=O) groups excluding carboxylic acids is 2. The maximum atomic E-state index is 13.8. The summed E-state index contributed by atoms with van der Waals surface area (Å²) < 4.78 is 34.8. The van der Waals surface area contributed by atoms with Crippen LogP contribution < -0.4 is 10.6 Å². The molecule has 2 aromatic rings. The second kappa shape index (κ2) is 9.34. The monoisotopic (exact) mass is 476 g/mol. The Labute approximate surface area is 196 Å². The van der Waals surface area contributed by atoms with Crippen LogP contribution in [0.4, 0.5) is 18.4 Å². The smallest absolute Gasteiger partial charge is 0.407 e. The Morgan fingerprint density at radius 2 is 2.03 bits per heavy atom. The molecule has 3 amide bonds. The third kappa shape index (κ3) is 5.07.